The van der Waals surface area contributed by atoms with Crippen LogP contribution in [0.25, 0.3) is 9.78 Å². The molecule has 0 amide bonds. The molecule has 0 radical (unpaired) electrons. The number of benzene rings is 1. The Bertz CT molecular complexity index is 402. The Labute approximate surface area is 74.4 Å². The number of aromatic carboxylic acids is 1. The van der Waals surface area contributed by atoms with Crippen molar-refractivity contribution >= 4 is 30.2 Å². The van der Waals surface area contributed by atoms with E-state index in [1.807, 2.05) is 24.3 Å². The molecule has 1 N–H and O–H groups in total. The third kappa shape index (κ3) is 1.15. The molecule has 0 unspecified atom stereocenters. The fourth-order valence-corrected chi connectivity index (χ4v) is 2.65. The molecule has 0 bridgehead atoms. The number of aromatic nitrogens is 1. The second-order valence-corrected chi connectivity index (χ2v) is 4.45. The van der Waals surface area contributed by atoms with Crippen LogP contribution in [0.15, 0.2) is 24.3 Å². The van der Waals surface area contributed by atoms with E-state index in [-0.39, 0.29) is 14.5 Å². The van der Waals surface area contributed by atoms with Crippen LogP contribution >= 0.6 is 0 Å². The topological polar surface area (TPSA) is 50.2 Å². The Balaban J connectivity index is 2.70. The van der Waals surface area contributed by atoms with Gasteiger partial charge in [0.2, 0.25) is 0 Å². The Morgan fingerprint density at radius 1 is 1.42 bits per heavy atom. The van der Waals surface area contributed by atoms with Gasteiger partial charge in [-0.15, -0.1) is 0 Å². The molecule has 0 fully saturated rings. The average molecular weight is 226 g/mol. The van der Waals surface area contributed by atoms with Gasteiger partial charge in [-0.3, -0.25) is 0 Å². The van der Waals surface area contributed by atoms with E-state index >= 15 is 0 Å². The molecular formula is C8H5NO2Se. The summed E-state index contributed by atoms with van der Waals surface area (Å²) in [7, 11) is 0. The van der Waals surface area contributed by atoms with Crippen LogP contribution < -0.4 is 0 Å². The number of hydrogen-bond acceptors (Lipinski definition) is 2. The minimum absolute atomic E-state index is 0.109. The van der Waals surface area contributed by atoms with Crippen LogP contribution in [0.4, 0.5) is 0 Å². The van der Waals surface area contributed by atoms with Gasteiger partial charge < -0.3 is 0 Å². The van der Waals surface area contributed by atoms with Crippen LogP contribution in [-0.2, 0) is 0 Å². The molecular weight excluding hydrogens is 221 g/mol. The molecule has 0 aliphatic carbocycles. The fourth-order valence-electron chi connectivity index (χ4n) is 0.964. The van der Waals surface area contributed by atoms with Gasteiger partial charge in [-0.25, -0.2) is 0 Å². The molecule has 0 spiro atoms. The average Bonchev–Trinajstić information content (AvgIpc) is 2.46. The molecule has 2 aromatic rings. The first-order chi connectivity index (χ1) is 5.77. The normalized spacial score (nSPS) is 10.3. The van der Waals surface area contributed by atoms with Gasteiger partial charge >= 0.3 is 74.0 Å². The van der Waals surface area contributed by atoms with Crippen molar-refractivity contribution < 1.29 is 9.90 Å². The van der Waals surface area contributed by atoms with Gasteiger partial charge in [0, 0.05) is 0 Å². The molecule has 12 heavy (non-hydrogen) atoms. The van der Waals surface area contributed by atoms with E-state index in [9.17, 15) is 4.79 Å². The molecule has 3 nitrogen and oxygen atoms in total. The molecule has 0 atom stereocenters. The summed E-state index contributed by atoms with van der Waals surface area (Å²) < 4.78 is 1.35. The first kappa shape index (κ1) is 7.52. The van der Waals surface area contributed by atoms with Crippen LogP contribution in [0.5, 0.6) is 0 Å². The summed E-state index contributed by atoms with van der Waals surface area (Å²) in [6.07, 6.45) is 0. The van der Waals surface area contributed by atoms with Crippen LogP contribution in [0, 0.1) is 0 Å². The summed E-state index contributed by atoms with van der Waals surface area (Å²) in [5.41, 5.74) is 0.815. The molecule has 0 saturated carbocycles. The van der Waals surface area contributed by atoms with Crippen LogP contribution in [0.1, 0.15) is 9.36 Å². The van der Waals surface area contributed by atoms with Crippen molar-refractivity contribution in [3.05, 3.63) is 28.8 Å². The van der Waals surface area contributed by atoms with Gasteiger partial charge in [0.15, 0.2) is 0 Å². The predicted molar refractivity (Wildman–Crippen MR) is 45.6 cm³/mol. The third-order valence-corrected chi connectivity index (χ3v) is 3.63. The van der Waals surface area contributed by atoms with Crippen LogP contribution in [-0.4, -0.2) is 30.6 Å². The second kappa shape index (κ2) is 2.73. The van der Waals surface area contributed by atoms with Crippen molar-refractivity contribution in [2.75, 3.05) is 0 Å². The van der Waals surface area contributed by atoms with Crippen molar-refractivity contribution in [1.82, 2.24) is 4.98 Å². The fraction of sp³-hybridized carbons (Fsp3) is 0. The number of carboxylic acids is 1. The van der Waals surface area contributed by atoms with Gasteiger partial charge in [0.1, 0.15) is 0 Å². The monoisotopic (exact) mass is 227 g/mol. The molecule has 4 heteroatoms. The van der Waals surface area contributed by atoms with E-state index in [1.54, 1.807) is 0 Å². The van der Waals surface area contributed by atoms with E-state index in [0.717, 1.165) is 9.78 Å². The summed E-state index contributed by atoms with van der Waals surface area (Å²) >= 11 is -0.109. The van der Waals surface area contributed by atoms with E-state index in [2.05, 4.69) is 4.98 Å². The molecule has 1 aromatic heterocycles. The maximum atomic E-state index is 10.6. The summed E-state index contributed by atoms with van der Waals surface area (Å²) in [4.78, 5) is 14.6. The molecule has 60 valence electrons. The van der Waals surface area contributed by atoms with Crippen molar-refractivity contribution in [2.24, 2.45) is 0 Å². The molecule has 0 aliphatic rings. The number of carboxylic acid groups (broad SMARTS) is 1. The van der Waals surface area contributed by atoms with Gasteiger partial charge in [0.05, 0.1) is 0 Å². The molecule has 2 rings (SSSR count). The zero-order valence-electron chi connectivity index (χ0n) is 6.02. The Morgan fingerprint density at radius 2 is 2.17 bits per heavy atom. The predicted octanol–water partition coefficient (Wildman–Crippen LogP) is 0.990. The quantitative estimate of drug-likeness (QED) is 0.737. The summed E-state index contributed by atoms with van der Waals surface area (Å²) in [6.45, 7) is 0. The van der Waals surface area contributed by atoms with Crippen molar-refractivity contribution in [1.29, 1.82) is 0 Å². The van der Waals surface area contributed by atoms with E-state index < -0.39 is 5.97 Å². The third-order valence-electron chi connectivity index (χ3n) is 1.48. The number of carbonyl (C=O) groups is 1. The summed E-state index contributed by atoms with van der Waals surface area (Å²) in [5, 5.41) is 8.67. The molecule has 1 heterocycles. The Morgan fingerprint density at radius 3 is 2.83 bits per heavy atom. The van der Waals surface area contributed by atoms with Crippen molar-refractivity contribution in [3.8, 4) is 0 Å². The van der Waals surface area contributed by atoms with Crippen LogP contribution in [0.2, 0.25) is 0 Å². The second-order valence-electron chi connectivity index (χ2n) is 2.29. The zero-order valence-corrected chi connectivity index (χ0v) is 7.73. The van der Waals surface area contributed by atoms with Crippen molar-refractivity contribution in [3.63, 3.8) is 0 Å². The standard InChI is InChI=1S/C8H5NO2Se/c10-8(11)7-9-5-3-1-2-4-6(5)12-7/h1-4H,(H,10,11). The Kier molecular flexibility index (Phi) is 1.71. The van der Waals surface area contributed by atoms with E-state index in [4.69, 9.17) is 5.11 Å². The van der Waals surface area contributed by atoms with Gasteiger partial charge in [-0.05, 0) is 0 Å². The first-order valence-corrected chi connectivity index (χ1v) is 5.07. The number of rotatable bonds is 1. The molecule has 0 saturated heterocycles. The zero-order chi connectivity index (χ0) is 8.55. The van der Waals surface area contributed by atoms with E-state index in [0.29, 0.717) is 4.57 Å². The summed E-state index contributed by atoms with van der Waals surface area (Å²) in [6, 6.07) is 7.53. The Hall–Kier alpha value is -1.12. The molecule has 0 aliphatic heterocycles. The number of fused-ring (bicyclic) bond motifs is 1. The SMILES string of the molecule is O=C(O)c1nc2ccccc2[se]1. The van der Waals surface area contributed by atoms with E-state index in [1.165, 1.54) is 0 Å². The number of hydrogen-bond donors (Lipinski definition) is 1. The maximum absolute atomic E-state index is 10.6. The van der Waals surface area contributed by atoms with Gasteiger partial charge in [-0.2, -0.15) is 0 Å². The number of para-hydroxylation sites is 1. The van der Waals surface area contributed by atoms with Gasteiger partial charge in [0.25, 0.3) is 0 Å². The van der Waals surface area contributed by atoms with Crippen molar-refractivity contribution in [2.45, 2.75) is 0 Å². The van der Waals surface area contributed by atoms with Gasteiger partial charge in [-0.1, -0.05) is 0 Å². The number of nitrogens with zero attached hydrogens (tertiary/aromatic N) is 1. The van der Waals surface area contributed by atoms with Crippen LogP contribution in [0.3, 0.4) is 0 Å². The first-order valence-electron chi connectivity index (χ1n) is 3.36. The minimum atomic E-state index is -0.897. The molecule has 1 aromatic carbocycles. The summed E-state index contributed by atoms with van der Waals surface area (Å²) in [5.74, 6) is -0.897.